The zero-order chi connectivity index (χ0) is 24.2. The standard InChI is InChI=1S/C25H28N6O2S/c1-16-9-11-30(12-10-16)25-29-28-24(34-25)27-23(32)20(15-26)14-19-13-17(2)31(18(19)3)21-5-7-22(33-4)8-6-21/h5-8,13-14,16H,9-12H2,1-4H3,(H,27,28,32)/b20-14-. The molecule has 1 amide bonds. The molecule has 1 N–H and O–H groups in total. The van der Waals surface area contributed by atoms with E-state index in [4.69, 9.17) is 4.74 Å². The van der Waals surface area contributed by atoms with Crippen LogP contribution in [0.5, 0.6) is 5.75 Å². The normalized spacial score (nSPS) is 14.7. The Balaban J connectivity index is 1.51. The van der Waals surface area contributed by atoms with E-state index in [0.717, 1.165) is 65.4 Å². The molecule has 176 valence electrons. The number of aryl methyl sites for hydroxylation is 1. The molecule has 1 fully saturated rings. The number of nitriles is 1. The minimum atomic E-state index is -0.494. The molecule has 3 heterocycles. The summed E-state index contributed by atoms with van der Waals surface area (Å²) in [5.74, 6) is 1.01. The SMILES string of the molecule is COc1ccc(-n2c(C)cc(/C=C(/C#N)C(=O)Nc3nnc(N4CCC(C)CC4)s3)c2C)cc1. The Bertz CT molecular complexity index is 1240. The highest BCUT2D eigenvalue weighted by Crippen LogP contribution is 2.29. The lowest BCUT2D eigenvalue weighted by molar-refractivity contribution is -0.112. The molecule has 4 rings (SSSR count). The fourth-order valence-corrected chi connectivity index (χ4v) is 4.92. The Hall–Kier alpha value is -3.64. The maximum absolute atomic E-state index is 12.8. The van der Waals surface area contributed by atoms with Crippen LogP contribution in [0.2, 0.25) is 0 Å². The highest BCUT2D eigenvalue weighted by atomic mass is 32.1. The van der Waals surface area contributed by atoms with Crippen LogP contribution in [0.1, 0.15) is 36.7 Å². The minimum Gasteiger partial charge on any atom is -0.497 e. The van der Waals surface area contributed by atoms with Crippen molar-refractivity contribution in [2.45, 2.75) is 33.6 Å². The van der Waals surface area contributed by atoms with Gasteiger partial charge in [0.15, 0.2) is 0 Å². The Morgan fingerprint density at radius 1 is 1.24 bits per heavy atom. The zero-order valence-corrected chi connectivity index (χ0v) is 20.6. The van der Waals surface area contributed by atoms with Gasteiger partial charge in [0.25, 0.3) is 5.91 Å². The van der Waals surface area contributed by atoms with E-state index in [0.29, 0.717) is 5.13 Å². The minimum absolute atomic E-state index is 0.0125. The molecule has 0 saturated carbocycles. The molecule has 34 heavy (non-hydrogen) atoms. The van der Waals surface area contributed by atoms with Crippen LogP contribution in [-0.2, 0) is 4.79 Å². The van der Waals surface area contributed by atoms with Crippen LogP contribution in [0.3, 0.4) is 0 Å². The molecule has 1 aliphatic rings. The van der Waals surface area contributed by atoms with Crippen molar-refractivity contribution in [1.29, 1.82) is 5.26 Å². The molecule has 0 unspecified atom stereocenters. The van der Waals surface area contributed by atoms with Gasteiger partial charge in [-0.1, -0.05) is 18.3 Å². The lowest BCUT2D eigenvalue weighted by Gasteiger charge is -2.29. The molecular formula is C25H28N6O2S. The summed E-state index contributed by atoms with van der Waals surface area (Å²) >= 11 is 1.33. The van der Waals surface area contributed by atoms with E-state index in [1.54, 1.807) is 13.2 Å². The van der Waals surface area contributed by atoms with Crippen LogP contribution in [0, 0.1) is 31.1 Å². The van der Waals surface area contributed by atoms with Crippen molar-refractivity contribution in [3.05, 3.63) is 52.9 Å². The summed E-state index contributed by atoms with van der Waals surface area (Å²) in [6.07, 6.45) is 3.86. The van der Waals surface area contributed by atoms with E-state index in [-0.39, 0.29) is 5.57 Å². The van der Waals surface area contributed by atoms with Crippen LogP contribution in [0.4, 0.5) is 10.3 Å². The first-order valence-corrected chi connectivity index (χ1v) is 12.1. The lowest BCUT2D eigenvalue weighted by atomic mass is 10.00. The molecular weight excluding hydrogens is 448 g/mol. The van der Waals surface area contributed by atoms with Crippen molar-refractivity contribution in [2.75, 3.05) is 30.4 Å². The van der Waals surface area contributed by atoms with Crippen molar-refractivity contribution in [3.63, 3.8) is 0 Å². The first-order valence-electron chi connectivity index (χ1n) is 11.2. The average molecular weight is 477 g/mol. The first kappa shape index (κ1) is 23.5. The van der Waals surface area contributed by atoms with Gasteiger partial charge in [-0.05, 0) is 74.6 Å². The van der Waals surface area contributed by atoms with Crippen LogP contribution in [0.25, 0.3) is 11.8 Å². The van der Waals surface area contributed by atoms with Gasteiger partial charge < -0.3 is 14.2 Å². The number of hydrogen-bond acceptors (Lipinski definition) is 7. The number of carbonyl (C=O) groups excluding carboxylic acids is 1. The van der Waals surface area contributed by atoms with Gasteiger partial charge in [-0.2, -0.15) is 5.26 Å². The summed E-state index contributed by atoms with van der Waals surface area (Å²) in [4.78, 5) is 15.0. The molecule has 1 aliphatic heterocycles. The van der Waals surface area contributed by atoms with Gasteiger partial charge in [-0.3, -0.25) is 10.1 Å². The summed E-state index contributed by atoms with van der Waals surface area (Å²) in [5, 5.41) is 21.9. The smallest absolute Gasteiger partial charge is 0.268 e. The molecule has 0 bridgehead atoms. The maximum Gasteiger partial charge on any atom is 0.268 e. The summed E-state index contributed by atoms with van der Waals surface area (Å²) in [7, 11) is 1.63. The van der Waals surface area contributed by atoms with Gasteiger partial charge in [-0.25, -0.2) is 0 Å². The lowest BCUT2D eigenvalue weighted by Crippen LogP contribution is -2.32. The number of carbonyl (C=O) groups is 1. The van der Waals surface area contributed by atoms with E-state index in [2.05, 4.69) is 31.9 Å². The van der Waals surface area contributed by atoms with Crippen molar-refractivity contribution in [3.8, 4) is 17.5 Å². The molecule has 9 heteroatoms. The average Bonchev–Trinajstić information content (AvgIpc) is 3.41. The van der Waals surface area contributed by atoms with Crippen LogP contribution in [-0.4, -0.2) is 40.9 Å². The number of piperidine rings is 1. The molecule has 0 aliphatic carbocycles. The van der Waals surface area contributed by atoms with E-state index >= 15 is 0 Å². The molecule has 0 radical (unpaired) electrons. The summed E-state index contributed by atoms with van der Waals surface area (Å²) in [5.41, 5.74) is 3.72. The second-order valence-electron chi connectivity index (χ2n) is 8.54. The maximum atomic E-state index is 12.8. The summed E-state index contributed by atoms with van der Waals surface area (Å²) in [6.45, 7) is 8.10. The second kappa shape index (κ2) is 10.1. The quantitative estimate of drug-likeness (QED) is 0.408. The van der Waals surface area contributed by atoms with E-state index in [1.165, 1.54) is 11.3 Å². The zero-order valence-electron chi connectivity index (χ0n) is 19.8. The number of methoxy groups -OCH3 is 1. The van der Waals surface area contributed by atoms with E-state index < -0.39 is 5.91 Å². The van der Waals surface area contributed by atoms with Gasteiger partial charge in [0.1, 0.15) is 17.4 Å². The highest BCUT2D eigenvalue weighted by Gasteiger charge is 2.21. The Kier molecular flexibility index (Phi) is 6.98. The van der Waals surface area contributed by atoms with Crippen molar-refractivity contribution in [2.24, 2.45) is 5.92 Å². The number of nitrogens with one attached hydrogen (secondary N) is 1. The van der Waals surface area contributed by atoms with E-state index in [1.807, 2.05) is 50.2 Å². The predicted octanol–water partition coefficient (Wildman–Crippen LogP) is 4.74. The number of ether oxygens (including phenoxy) is 1. The van der Waals surface area contributed by atoms with Gasteiger partial charge in [0, 0.05) is 30.2 Å². The topological polar surface area (TPSA) is 96.1 Å². The number of rotatable bonds is 6. The van der Waals surface area contributed by atoms with Crippen LogP contribution < -0.4 is 15.0 Å². The first-order chi connectivity index (χ1) is 16.4. The molecule has 0 atom stereocenters. The number of anilines is 2. The molecule has 1 aromatic carbocycles. The molecule has 3 aromatic rings. The predicted molar refractivity (Wildman–Crippen MR) is 135 cm³/mol. The van der Waals surface area contributed by atoms with Gasteiger partial charge in [-0.15, -0.1) is 10.2 Å². The van der Waals surface area contributed by atoms with Crippen molar-refractivity contribution in [1.82, 2.24) is 14.8 Å². The Morgan fingerprint density at radius 3 is 2.59 bits per heavy atom. The molecule has 0 spiro atoms. The Labute approximate surface area is 203 Å². The molecule has 1 saturated heterocycles. The summed E-state index contributed by atoms with van der Waals surface area (Å²) in [6, 6.07) is 11.7. The Morgan fingerprint density at radius 2 is 1.94 bits per heavy atom. The van der Waals surface area contributed by atoms with Crippen LogP contribution in [0.15, 0.2) is 35.9 Å². The third kappa shape index (κ3) is 4.97. The number of amides is 1. The highest BCUT2D eigenvalue weighted by molar-refractivity contribution is 7.19. The van der Waals surface area contributed by atoms with Gasteiger partial charge in [0.05, 0.1) is 7.11 Å². The molecule has 8 nitrogen and oxygen atoms in total. The third-order valence-corrected chi connectivity index (χ3v) is 7.05. The van der Waals surface area contributed by atoms with Crippen molar-refractivity contribution < 1.29 is 9.53 Å². The second-order valence-corrected chi connectivity index (χ2v) is 9.50. The van der Waals surface area contributed by atoms with Gasteiger partial charge in [0.2, 0.25) is 10.3 Å². The number of aromatic nitrogens is 3. The van der Waals surface area contributed by atoms with E-state index in [9.17, 15) is 10.1 Å². The number of hydrogen-bond donors (Lipinski definition) is 1. The summed E-state index contributed by atoms with van der Waals surface area (Å²) < 4.78 is 7.32. The molecule has 2 aromatic heterocycles. The van der Waals surface area contributed by atoms with Crippen molar-refractivity contribution >= 4 is 33.6 Å². The monoisotopic (exact) mass is 476 g/mol. The fourth-order valence-electron chi connectivity index (χ4n) is 4.12. The number of benzene rings is 1. The third-order valence-electron chi connectivity index (χ3n) is 6.15. The van der Waals surface area contributed by atoms with Gasteiger partial charge >= 0.3 is 0 Å². The van der Waals surface area contributed by atoms with Crippen LogP contribution >= 0.6 is 11.3 Å². The number of nitrogens with zero attached hydrogens (tertiary/aromatic N) is 5. The fraction of sp³-hybridized carbons (Fsp3) is 0.360. The largest absolute Gasteiger partial charge is 0.497 e.